The average Bonchev–Trinajstić information content (AvgIpc) is 2.74. The Morgan fingerprint density at radius 3 is 2.52 bits per heavy atom. The number of amides is 4. The Balaban J connectivity index is 1.79. The molecule has 4 amide bonds. The molecule has 1 saturated carbocycles. The van der Waals surface area contributed by atoms with Crippen LogP contribution in [0.2, 0.25) is 0 Å². The van der Waals surface area contributed by atoms with Gasteiger partial charge in [-0.05, 0) is 24.7 Å². The molecule has 1 saturated heterocycles. The molecule has 0 aromatic carbocycles. The van der Waals surface area contributed by atoms with Gasteiger partial charge in [-0.2, -0.15) is 0 Å². The molecule has 1 aliphatic carbocycles. The Hall–Kier alpha value is -1.59. The molecule has 118 valence electrons. The molecule has 1 heterocycles. The number of rotatable bonds is 5. The van der Waals surface area contributed by atoms with Gasteiger partial charge in [-0.1, -0.05) is 33.1 Å². The molecule has 6 nitrogen and oxygen atoms in total. The van der Waals surface area contributed by atoms with Crippen LogP contribution in [0.1, 0.15) is 46.0 Å². The van der Waals surface area contributed by atoms with Gasteiger partial charge in [-0.15, -0.1) is 0 Å². The number of hydrogen-bond acceptors (Lipinski definition) is 3. The molecule has 2 N–H and O–H groups in total. The van der Waals surface area contributed by atoms with Crippen molar-refractivity contribution in [1.82, 2.24) is 15.5 Å². The van der Waals surface area contributed by atoms with Crippen LogP contribution in [-0.2, 0) is 9.59 Å². The van der Waals surface area contributed by atoms with Gasteiger partial charge in [0.2, 0.25) is 5.91 Å². The van der Waals surface area contributed by atoms with E-state index in [2.05, 4.69) is 10.6 Å². The van der Waals surface area contributed by atoms with Crippen LogP contribution in [0, 0.1) is 11.8 Å². The fourth-order valence-electron chi connectivity index (χ4n) is 2.99. The highest BCUT2D eigenvalue weighted by atomic mass is 16.2. The summed E-state index contributed by atoms with van der Waals surface area (Å²) in [5.74, 6) is 0.00210. The Morgan fingerprint density at radius 2 is 1.95 bits per heavy atom. The third-order valence-corrected chi connectivity index (χ3v) is 4.34. The van der Waals surface area contributed by atoms with Gasteiger partial charge < -0.3 is 10.6 Å². The lowest BCUT2D eigenvalue weighted by atomic mass is 9.89. The van der Waals surface area contributed by atoms with E-state index in [9.17, 15) is 14.4 Å². The van der Waals surface area contributed by atoms with E-state index in [0.29, 0.717) is 12.5 Å². The fraction of sp³-hybridized carbons (Fsp3) is 0.800. The van der Waals surface area contributed by atoms with Crippen LogP contribution >= 0.6 is 0 Å². The van der Waals surface area contributed by atoms with Crippen LogP contribution in [0.4, 0.5) is 4.79 Å². The normalized spacial score (nSPS) is 23.6. The van der Waals surface area contributed by atoms with Gasteiger partial charge in [0.25, 0.3) is 5.91 Å². The monoisotopic (exact) mass is 295 g/mol. The van der Waals surface area contributed by atoms with Crippen LogP contribution in [0.15, 0.2) is 0 Å². The van der Waals surface area contributed by atoms with Crippen molar-refractivity contribution in [3.63, 3.8) is 0 Å². The summed E-state index contributed by atoms with van der Waals surface area (Å²) in [6.45, 7) is 4.21. The largest absolute Gasteiger partial charge is 0.354 e. The van der Waals surface area contributed by atoms with Crippen molar-refractivity contribution >= 4 is 17.8 Å². The lowest BCUT2D eigenvalue weighted by molar-refractivity contribution is -0.132. The molecule has 0 radical (unpaired) electrons. The lowest BCUT2D eigenvalue weighted by Gasteiger charge is -2.22. The number of imide groups is 1. The van der Waals surface area contributed by atoms with Crippen molar-refractivity contribution in [2.45, 2.75) is 52.0 Å². The standard InChI is InChI=1S/C15H25N3O3/c1-10(2)13-14(20)18(15(21)17-13)9-12(19)16-8-11-6-4-3-5-7-11/h10-11,13H,3-9H2,1-2H3,(H,16,19)(H,17,21). The molecule has 0 bridgehead atoms. The summed E-state index contributed by atoms with van der Waals surface area (Å²) in [5, 5.41) is 5.47. The zero-order valence-electron chi connectivity index (χ0n) is 12.9. The molecular weight excluding hydrogens is 270 g/mol. The highest BCUT2D eigenvalue weighted by Gasteiger charge is 2.40. The molecule has 2 fully saturated rings. The minimum Gasteiger partial charge on any atom is -0.354 e. The number of hydrogen-bond donors (Lipinski definition) is 2. The van der Waals surface area contributed by atoms with E-state index in [4.69, 9.17) is 0 Å². The van der Waals surface area contributed by atoms with Crippen molar-refractivity contribution in [1.29, 1.82) is 0 Å². The minimum absolute atomic E-state index is 0.0248. The molecule has 2 rings (SSSR count). The van der Waals surface area contributed by atoms with E-state index in [1.54, 1.807) is 0 Å². The quantitative estimate of drug-likeness (QED) is 0.749. The highest BCUT2D eigenvalue weighted by Crippen LogP contribution is 2.22. The fourth-order valence-corrected chi connectivity index (χ4v) is 2.99. The van der Waals surface area contributed by atoms with Gasteiger partial charge in [0, 0.05) is 6.54 Å². The summed E-state index contributed by atoms with van der Waals surface area (Å²) in [6.07, 6.45) is 6.04. The molecule has 0 spiro atoms. The molecular formula is C15H25N3O3. The first-order valence-electron chi connectivity index (χ1n) is 7.87. The Kier molecular flexibility index (Phi) is 5.20. The van der Waals surface area contributed by atoms with Crippen molar-refractivity contribution in [3.05, 3.63) is 0 Å². The third-order valence-electron chi connectivity index (χ3n) is 4.34. The Labute approximate surface area is 125 Å². The summed E-state index contributed by atoms with van der Waals surface area (Å²) in [5.41, 5.74) is 0. The number of carbonyl (C=O) groups is 3. The summed E-state index contributed by atoms with van der Waals surface area (Å²) >= 11 is 0. The number of nitrogens with one attached hydrogen (secondary N) is 2. The summed E-state index contributed by atoms with van der Waals surface area (Å²) in [7, 11) is 0. The number of nitrogens with zero attached hydrogens (tertiary/aromatic N) is 1. The van der Waals surface area contributed by atoms with Gasteiger partial charge in [0.15, 0.2) is 0 Å². The zero-order valence-corrected chi connectivity index (χ0v) is 12.9. The molecule has 1 unspecified atom stereocenters. The molecule has 0 aromatic rings. The summed E-state index contributed by atoms with van der Waals surface area (Å²) < 4.78 is 0. The van der Waals surface area contributed by atoms with Gasteiger partial charge in [-0.25, -0.2) is 4.79 Å². The molecule has 1 atom stereocenters. The third kappa shape index (κ3) is 3.95. The first kappa shape index (κ1) is 15.8. The van der Waals surface area contributed by atoms with Crippen LogP contribution < -0.4 is 10.6 Å². The van der Waals surface area contributed by atoms with E-state index < -0.39 is 12.1 Å². The summed E-state index contributed by atoms with van der Waals surface area (Å²) in [4.78, 5) is 36.8. The van der Waals surface area contributed by atoms with Crippen molar-refractivity contribution in [3.8, 4) is 0 Å². The van der Waals surface area contributed by atoms with E-state index in [1.807, 2.05) is 13.8 Å². The van der Waals surface area contributed by atoms with Crippen molar-refractivity contribution < 1.29 is 14.4 Å². The van der Waals surface area contributed by atoms with E-state index >= 15 is 0 Å². The van der Waals surface area contributed by atoms with Crippen molar-refractivity contribution in [2.75, 3.05) is 13.1 Å². The maximum absolute atomic E-state index is 12.1. The predicted molar refractivity (Wildman–Crippen MR) is 78.5 cm³/mol. The zero-order chi connectivity index (χ0) is 15.4. The minimum atomic E-state index is -0.511. The Bertz CT molecular complexity index is 416. The molecule has 2 aliphatic rings. The van der Waals surface area contributed by atoms with E-state index in [-0.39, 0.29) is 24.3 Å². The van der Waals surface area contributed by atoms with Gasteiger partial charge in [0.05, 0.1) is 0 Å². The first-order valence-corrected chi connectivity index (χ1v) is 7.87. The molecule has 6 heteroatoms. The van der Waals surface area contributed by atoms with Crippen molar-refractivity contribution in [2.24, 2.45) is 11.8 Å². The SMILES string of the molecule is CC(C)C1NC(=O)N(CC(=O)NCC2CCCCC2)C1=O. The highest BCUT2D eigenvalue weighted by molar-refractivity contribution is 6.06. The second kappa shape index (κ2) is 6.91. The van der Waals surface area contributed by atoms with Crippen LogP contribution in [0.3, 0.4) is 0 Å². The second-order valence-electron chi connectivity index (χ2n) is 6.40. The van der Waals surface area contributed by atoms with E-state index in [0.717, 1.165) is 17.7 Å². The van der Waals surface area contributed by atoms with Crippen LogP contribution in [-0.4, -0.2) is 41.9 Å². The maximum Gasteiger partial charge on any atom is 0.325 e. The number of carbonyl (C=O) groups excluding carboxylic acids is 3. The topological polar surface area (TPSA) is 78.5 Å². The Morgan fingerprint density at radius 1 is 1.29 bits per heavy atom. The first-order chi connectivity index (χ1) is 9.99. The molecule has 0 aromatic heterocycles. The van der Waals surface area contributed by atoms with E-state index in [1.165, 1.54) is 19.3 Å². The van der Waals surface area contributed by atoms with Gasteiger partial charge >= 0.3 is 6.03 Å². The van der Waals surface area contributed by atoms with Crippen LogP contribution in [0.25, 0.3) is 0 Å². The average molecular weight is 295 g/mol. The molecule has 1 aliphatic heterocycles. The second-order valence-corrected chi connectivity index (χ2v) is 6.40. The smallest absolute Gasteiger partial charge is 0.325 e. The predicted octanol–water partition coefficient (Wildman–Crippen LogP) is 1.26. The maximum atomic E-state index is 12.1. The van der Waals surface area contributed by atoms with Gasteiger partial charge in [-0.3, -0.25) is 14.5 Å². The van der Waals surface area contributed by atoms with Gasteiger partial charge in [0.1, 0.15) is 12.6 Å². The summed E-state index contributed by atoms with van der Waals surface area (Å²) in [6, 6.07) is -0.977. The van der Waals surface area contributed by atoms with Crippen LogP contribution in [0.5, 0.6) is 0 Å². The molecule has 21 heavy (non-hydrogen) atoms. The lowest BCUT2D eigenvalue weighted by Crippen LogP contribution is -2.42. The number of urea groups is 1.